The third-order valence-electron chi connectivity index (χ3n) is 6.27. The molecule has 2 aliphatic heterocycles. The molecule has 33 heavy (non-hydrogen) atoms. The van der Waals surface area contributed by atoms with Crippen LogP contribution in [0.4, 0.5) is 23.0 Å². The second-order valence-corrected chi connectivity index (χ2v) is 10.7. The van der Waals surface area contributed by atoms with Gasteiger partial charge >= 0.3 is 5.69 Å². The minimum absolute atomic E-state index is 0.0529. The maximum Gasteiger partial charge on any atom is 0.353 e. The molecule has 1 aromatic carbocycles. The number of hydrogen-bond acceptors (Lipinski definition) is 8. The molecule has 3 heterocycles. The molecule has 0 bridgehead atoms. The Morgan fingerprint density at radius 2 is 1.73 bits per heavy atom. The highest BCUT2D eigenvalue weighted by molar-refractivity contribution is 6.30. The van der Waals surface area contributed by atoms with Crippen LogP contribution in [0.1, 0.15) is 40.5 Å². The fourth-order valence-electron chi connectivity index (χ4n) is 5.34. The molecular formula is C23H32ClN7O2. The van der Waals surface area contributed by atoms with Gasteiger partial charge in [-0.3, -0.25) is 10.1 Å². The molecule has 0 atom stereocenters. The molecule has 0 aliphatic carbocycles. The minimum atomic E-state index is -0.363. The van der Waals surface area contributed by atoms with Crippen molar-refractivity contribution < 1.29 is 4.92 Å². The van der Waals surface area contributed by atoms with Gasteiger partial charge in [0.25, 0.3) is 0 Å². The Hall–Kier alpha value is -2.65. The Labute approximate surface area is 199 Å². The Bertz CT molecular complexity index is 1010. The Kier molecular flexibility index (Phi) is 6.37. The van der Waals surface area contributed by atoms with Crippen LogP contribution in [-0.4, -0.2) is 58.2 Å². The van der Waals surface area contributed by atoms with E-state index < -0.39 is 0 Å². The number of piperidine rings is 1. The van der Waals surface area contributed by atoms with Crippen LogP contribution in [0, 0.1) is 10.1 Å². The third-order valence-corrected chi connectivity index (χ3v) is 6.50. The van der Waals surface area contributed by atoms with Gasteiger partial charge in [0.1, 0.15) is 6.33 Å². The summed E-state index contributed by atoms with van der Waals surface area (Å²) in [7, 11) is 0. The second kappa shape index (κ2) is 8.95. The van der Waals surface area contributed by atoms with Crippen molar-refractivity contribution in [3.63, 3.8) is 0 Å². The van der Waals surface area contributed by atoms with Crippen molar-refractivity contribution in [1.29, 1.82) is 0 Å². The smallest absolute Gasteiger partial charge is 0.353 e. The summed E-state index contributed by atoms with van der Waals surface area (Å²) in [6.45, 7) is 11.3. The van der Waals surface area contributed by atoms with E-state index in [1.54, 1.807) is 0 Å². The normalized spacial score (nSPS) is 20.5. The summed E-state index contributed by atoms with van der Waals surface area (Å²) >= 11 is 6.14. The van der Waals surface area contributed by atoms with Gasteiger partial charge in [-0.1, -0.05) is 17.7 Å². The lowest BCUT2D eigenvalue weighted by Crippen LogP contribution is -2.60. The molecule has 0 amide bonds. The molecule has 0 unspecified atom stereocenters. The van der Waals surface area contributed by atoms with Crippen LogP contribution in [0.3, 0.4) is 0 Å². The van der Waals surface area contributed by atoms with E-state index in [0.29, 0.717) is 29.7 Å². The number of piperazine rings is 1. The summed E-state index contributed by atoms with van der Waals surface area (Å²) in [6, 6.07) is 7.82. The fraction of sp³-hybridized carbons (Fsp3) is 0.565. The second-order valence-electron chi connectivity index (χ2n) is 10.2. The molecule has 4 rings (SSSR count). The van der Waals surface area contributed by atoms with Crippen LogP contribution < -0.4 is 20.4 Å². The number of hydrogen-bond donors (Lipinski definition) is 2. The molecule has 9 nitrogen and oxygen atoms in total. The number of nitrogens with one attached hydrogen (secondary N) is 2. The molecule has 2 aromatic rings. The van der Waals surface area contributed by atoms with E-state index in [4.69, 9.17) is 11.6 Å². The van der Waals surface area contributed by atoms with Crippen molar-refractivity contribution >= 4 is 34.6 Å². The van der Waals surface area contributed by atoms with E-state index in [0.717, 1.165) is 31.6 Å². The average molecular weight is 474 g/mol. The number of rotatable bonds is 5. The summed E-state index contributed by atoms with van der Waals surface area (Å²) in [5.41, 5.74) is 0.835. The Morgan fingerprint density at radius 3 is 2.33 bits per heavy atom. The van der Waals surface area contributed by atoms with Crippen molar-refractivity contribution in [1.82, 2.24) is 15.3 Å². The van der Waals surface area contributed by atoms with Gasteiger partial charge in [-0.2, -0.15) is 0 Å². The van der Waals surface area contributed by atoms with Crippen LogP contribution in [0.2, 0.25) is 5.02 Å². The third kappa shape index (κ3) is 5.47. The summed E-state index contributed by atoms with van der Waals surface area (Å²) < 4.78 is 0. The standard InChI is InChI=1S/C23H32ClN7O2/c1-22(2)13-17(14-23(3,4)28-22)27-20-19(31(32)33)21(26-15-25-20)30-10-8-29(9-11-30)18-7-5-6-16(24)12-18/h5-7,12,15,17,28H,8-11,13-14H2,1-4H3,(H,25,26,27). The maximum absolute atomic E-state index is 12.1. The first-order valence-electron chi connectivity index (χ1n) is 11.3. The van der Waals surface area contributed by atoms with Crippen LogP contribution in [0.5, 0.6) is 0 Å². The highest BCUT2D eigenvalue weighted by Gasteiger charge is 2.39. The lowest BCUT2D eigenvalue weighted by molar-refractivity contribution is -0.383. The topological polar surface area (TPSA) is 99.5 Å². The molecule has 10 heteroatoms. The van der Waals surface area contributed by atoms with Crippen LogP contribution >= 0.6 is 11.6 Å². The van der Waals surface area contributed by atoms with E-state index in [1.807, 2.05) is 29.2 Å². The molecule has 1 aromatic heterocycles. The number of anilines is 3. The molecule has 0 saturated carbocycles. The van der Waals surface area contributed by atoms with Crippen LogP contribution in [0.15, 0.2) is 30.6 Å². The van der Waals surface area contributed by atoms with Crippen molar-refractivity contribution in [2.75, 3.05) is 41.3 Å². The first-order valence-corrected chi connectivity index (χ1v) is 11.7. The van der Waals surface area contributed by atoms with Gasteiger partial charge in [-0.25, -0.2) is 9.97 Å². The first-order chi connectivity index (χ1) is 15.5. The lowest BCUT2D eigenvalue weighted by atomic mass is 9.79. The number of nitro groups is 1. The predicted octanol–water partition coefficient (Wildman–Crippen LogP) is 4.09. The van der Waals surface area contributed by atoms with Crippen molar-refractivity contribution in [2.24, 2.45) is 0 Å². The molecule has 0 spiro atoms. The van der Waals surface area contributed by atoms with E-state index in [1.165, 1.54) is 6.33 Å². The van der Waals surface area contributed by atoms with Crippen LogP contribution in [-0.2, 0) is 0 Å². The zero-order chi connectivity index (χ0) is 23.8. The quantitative estimate of drug-likeness (QED) is 0.495. The summed E-state index contributed by atoms with van der Waals surface area (Å²) in [5, 5.41) is 19.8. The minimum Gasteiger partial charge on any atom is -0.368 e. The molecule has 2 fully saturated rings. The fourth-order valence-corrected chi connectivity index (χ4v) is 5.53. The monoisotopic (exact) mass is 473 g/mol. The van der Waals surface area contributed by atoms with E-state index in [2.05, 4.69) is 53.2 Å². The van der Waals surface area contributed by atoms with E-state index in [9.17, 15) is 10.1 Å². The molecular weight excluding hydrogens is 442 g/mol. The van der Waals surface area contributed by atoms with Gasteiger partial charge in [0, 0.05) is 54.0 Å². The molecule has 2 aliphatic rings. The number of aromatic nitrogens is 2. The van der Waals surface area contributed by atoms with Gasteiger partial charge in [-0.15, -0.1) is 0 Å². The van der Waals surface area contributed by atoms with Gasteiger partial charge in [0.05, 0.1) is 4.92 Å². The number of nitrogens with zero attached hydrogens (tertiary/aromatic N) is 5. The van der Waals surface area contributed by atoms with Crippen molar-refractivity contribution in [3.05, 3.63) is 45.7 Å². The molecule has 178 valence electrons. The average Bonchev–Trinajstić information content (AvgIpc) is 2.71. The molecule has 0 radical (unpaired) electrons. The Morgan fingerprint density at radius 1 is 1.09 bits per heavy atom. The van der Waals surface area contributed by atoms with Gasteiger partial charge < -0.3 is 20.4 Å². The lowest BCUT2D eigenvalue weighted by Gasteiger charge is -2.46. The molecule has 2 saturated heterocycles. The summed E-state index contributed by atoms with van der Waals surface area (Å²) in [5.74, 6) is 0.663. The number of benzene rings is 1. The largest absolute Gasteiger partial charge is 0.368 e. The van der Waals surface area contributed by atoms with Gasteiger partial charge in [0.15, 0.2) is 0 Å². The SMILES string of the molecule is CC1(C)CC(Nc2ncnc(N3CCN(c4cccc(Cl)c4)CC3)c2[N+](=O)[O-])CC(C)(C)N1. The zero-order valence-corrected chi connectivity index (χ0v) is 20.4. The van der Waals surface area contributed by atoms with E-state index in [-0.39, 0.29) is 27.7 Å². The van der Waals surface area contributed by atoms with Gasteiger partial charge in [-0.05, 0) is 58.7 Å². The number of halogens is 1. The van der Waals surface area contributed by atoms with Crippen LogP contribution in [0.25, 0.3) is 0 Å². The molecule has 2 N–H and O–H groups in total. The first kappa shape index (κ1) is 23.5. The summed E-state index contributed by atoms with van der Waals surface area (Å²) in [4.78, 5) is 24.6. The summed E-state index contributed by atoms with van der Waals surface area (Å²) in [6.07, 6.45) is 3.10. The van der Waals surface area contributed by atoms with E-state index >= 15 is 0 Å². The highest BCUT2D eigenvalue weighted by atomic mass is 35.5. The van der Waals surface area contributed by atoms with Crippen molar-refractivity contribution in [2.45, 2.75) is 57.7 Å². The van der Waals surface area contributed by atoms with Crippen molar-refractivity contribution in [3.8, 4) is 0 Å². The zero-order valence-electron chi connectivity index (χ0n) is 19.6. The predicted molar refractivity (Wildman–Crippen MR) is 133 cm³/mol. The highest BCUT2D eigenvalue weighted by Crippen LogP contribution is 2.36. The Balaban J connectivity index is 1.53. The van der Waals surface area contributed by atoms with Gasteiger partial charge in [0.2, 0.25) is 11.6 Å². The maximum atomic E-state index is 12.1.